The van der Waals surface area contributed by atoms with Crippen molar-refractivity contribution in [2.45, 2.75) is 77.5 Å². The maximum atomic E-state index is 12.6. The second-order valence-electron chi connectivity index (χ2n) is 6.99. The summed E-state index contributed by atoms with van der Waals surface area (Å²) >= 11 is 0. The van der Waals surface area contributed by atoms with Crippen LogP contribution in [-0.2, 0) is 0 Å². The summed E-state index contributed by atoms with van der Waals surface area (Å²) in [6, 6.07) is 0. The molecule has 16 heavy (non-hydrogen) atoms. The zero-order valence-electron chi connectivity index (χ0n) is 11.8. The van der Waals surface area contributed by atoms with Crippen LogP contribution in [0.2, 0.25) is 0 Å². The predicted molar refractivity (Wildman–Crippen MR) is 66.1 cm³/mol. The van der Waals surface area contributed by atoms with Crippen molar-refractivity contribution < 1.29 is 5.06 Å². The Morgan fingerprint density at radius 2 is 1.00 bits per heavy atom. The zero-order valence-corrected chi connectivity index (χ0v) is 11.8. The van der Waals surface area contributed by atoms with Crippen LogP contribution in [0.15, 0.2) is 0 Å². The Morgan fingerprint density at radius 1 is 0.750 bits per heavy atom. The lowest BCUT2D eigenvalue weighted by Crippen LogP contribution is -3.29. The lowest BCUT2D eigenvalue weighted by molar-refractivity contribution is -0.967. The van der Waals surface area contributed by atoms with Gasteiger partial charge in [0.25, 0.3) is 0 Å². The van der Waals surface area contributed by atoms with E-state index in [2.05, 4.69) is 0 Å². The maximum absolute atomic E-state index is 12.6. The fourth-order valence-corrected chi connectivity index (χ4v) is 2.54. The van der Waals surface area contributed by atoms with E-state index in [0.29, 0.717) is 0 Å². The molecule has 0 bridgehead atoms. The minimum absolute atomic E-state index is 0.169. The van der Waals surface area contributed by atoms with Crippen LogP contribution in [0.5, 0.6) is 0 Å². The van der Waals surface area contributed by atoms with Crippen molar-refractivity contribution in [3.05, 3.63) is 10.4 Å². The molecule has 95 valence electrons. The molecule has 1 N–H and O–H groups in total. The van der Waals surface area contributed by atoms with Gasteiger partial charge in [-0.3, -0.25) is 0 Å². The van der Waals surface area contributed by atoms with Crippen LogP contribution in [0.25, 0.3) is 0 Å². The Hall–Kier alpha value is -0.160. The van der Waals surface area contributed by atoms with Crippen LogP contribution in [-0.4, -0.2) is 22.2 Å². The van der Waals surface area contributed by atoms with Gasteiger partial charge in [-0.1, -0.05) is 0 Å². The number of piperazine rings is 1. The minimum atomic E-state index is -0.677. The minimum Gasteiger partial charge on any atom is -0.633 e. The summed E-state index contributed by atoms with van der Waals surface area (Å²) in [5, 5.41) is 26.4. The summed E-state index contributed by atoms with van der Waals surface area (Å²) in [5.74, 6) is 0. The molecule has 0 amide bonds. The zero-order chi connectivity index (χ0) is 13.2. The van der Waals surface area contributed by atoms with Gasteiger partial charge in [0.15, 0.2) is 22.2 Å². The van der Waals surface area contributed by atoms with Crippen molar-refractivity contribution in [2.75, 3.05) is 0 Å². The Balaban J connectivity index is 3.39. The van der Waals surface area contributed by atoms with Gasteiger partial charge in [-0.25, -0.2) is 0 Å². The normalized spacial score (nSPS) is 32.6. The first-order valence-electron chi connectivity index (χ1n) is 5.83. The molecule has 0 aromatic heterocycles. The van der Waals surface area contributed by atoms with Crippen LogP contribution in [0.3, 0.4) is 0 Å². The van der Waals surface area contributed by atoms with Crippen molar-refractivity contribution in [1.29, 1.82) is 0 Å². The monoisotopic (exact) mass is 229 g/mol. The molecule has 1 rings (SSSR count). The van der Waals surface area contributed by atoms with Gasteiger partial charge in [0, 0.05) is 27.7 Å². The first kappa shape index (κ1) is 13.9. The van der Waals surface area contributed by atoms with E-state index in [-0.39, 0.29) is 5.06 Å². The quantitative estimate of drug-likeness (QED) is 0.500. The second kappa shape index (κ2) is 3.19. The average Bonchev–Trinajstić information content (AvgIpc) is 2.13. The van der Waals surface area contributed by atoms with Gasteiger partial charge >= 0.3 is 0 Å². The highest BCUT2D eigenvalue weighted by Gasteiger charge is 2.69. The average molecular weight is 229 g/mol. The SMILES string of the molecule is CC1(C)[N+]([O-])C(C)(C)C(C)(C)[NH+]([O-])C1(C)C. The van der Waals surface area contributed by atoms with Gasteiger partial charge in [0.05, 0.1) is 0 Å². The molecule has 1 aliphatic heterocycles. The largest absolute Gasteiger partial charge is 0.633 e. The van der Waals surface area contributed by atoms with Gasteiger partial charge in [-0.2, -0.15) is 5.06 Å². The second-order valence-corrected chi connectivity index (χ2v) is 6.99. The van der Waals surface area contributed by atoms with E-state index in [0.717, 1.165) is 5.06 Å². The summed E-state index contributed by atoms with van der Waals surface area (Å²) in [5.41, 5.74) is -2.62. The molecule has 0 aliphatic carbocycles. The van der Waals surface area contributed by atoms with E-state index < -0.39 is 22.2 Å². The van der Waals surface area contributed by atoms with E-state index in [1.54, 1.807) is 0 Å². The molecule has 0 unspecified atom stereocenters. The molecule has 1 fully saturated rings. The summed E-state index contributed by atoms with van der Waals surface area (Å²) in [6.07, 6.45) is 0. The summed E-state index contributed by atoms with van der Waals surface area (Å²) < 4.78 is 0. The first-order chi connectivity index (χ1) is 6.81. The van der Waals surface area contributed by atoms with Crippen LogP contribution >= 0.6 is 0 Å². The number of quaternary nitrogens is 1. The van der Waals surface area contributed by atoms with E-state index >= 15 is 0 Å². The van der Waals surface area contributed by atoms with E-state index in [9.17, 15) is 10.4 Å². The van der Waals surface area contributed by atoms with E-state index in [4.69, 9.17) is 0 Å². The summed E-state index contributed by atoms with van der Waals surface area (Å²) in [4.78, 5) is 0. The molecule has 0 atom stereocenters. The predicted octanol–water partition coefficient (Wildman–Crippen LogP) is 1.14. The third-order valence-corrected chi connectivity index (χ3v) is 5.21. The molecular formula is C12H25N2O2. The Labute approximate surface area is 98.8 Å². The number of hydrogen-bond acceptors (Lipinski definition) is 3. The van der Waals surface area contributed by atoms with Crippen molar-refractivity contribution in [3.63, 3.8) is 0 Å². The highest BCUT2D eigenvalue weighted by atomic mass is 16.5. The third-order valence-electron chi connectivity index (χ3n) is 5.21. The number of hydrogen-bond donors (Lipinski definition) is 1. The highest BCUT2D eigenvalue weighted by molar-refractivity contribution is 5.15. The Kier molecular flexibility index (Phi) is 2.77. The molecule has 1 radical (unpaired) electrons. The van der Waals surface area contributed by atoms with Crippen molar-refractivity contribution in [3.8, 4) is 0 Å². The van der Waals surface area contributed by atoms with Crippen molar-refractivity contribution in [2.24, 2.45) is 0 Å². The van der Waals surface area contributed by atoms with Gasteiger partial charge in [-0.15, -0.1) is 0 Å². The lowest BCUT2D eigenvalue weighted by atomic mass is 9.68. The van der Waals surface area contributed by atoms with Crippen LogP contribution in [0.4, 0.5) is 0 Å². The topological polar surface area (TPSA) is 56.5 Å². The number of rotatable bonds is 0. The smallest absolute Gasteiger partial charge is 0.192 e. The molecule has 0 aromatic rings. The van der Waals surface area contributed by atoms with E-state index in [1.807, 2.05) is 55.4 Å². The molecule has 0 spiro atoms. The molecule has 0 saturated carbocycles. The van der Waals surface area contributed by atoms with Crippen molar-refractivity contribution in [1.82, 2.24) is 5.06 Å². The van der Waals surface area contributed by atoms with Gasteiger partial charge in [0.1, 0.15) is 0 Å². The summed E-state index contributed by atoms with van der Waals surface area (Å²) in [6.45, 7) is 14.9. The number of hydroxylamine groups is 4. The standard InChI is InChI=1S/C12H25N2O2/c1-9(2)10(3,4)14(16)12(7,8)11(5,6)13(9)15/h13H,1-8H3. The molecule has 0 aromatic carbocycles. The fraction of sp³-hybridized carbons (Fsp3) is 1.00. The number of nitrogens with zero attached hydrogens (tertiary/aromatic N) is 1. The highest BCUT2D eigenvalue weighted by Crippen LogP contribution is 2.38. The maximum Gasteiger partial charge on any atom is 0.192 e. The van der Waals surface area contributed by atoms with Gasteiger partial charge < -0.3 is 15.5 Å². The molecule has 4 heteroatoms. The molecule has 1 aliphatic rings. The van der Waals surface area contributed by atoms with Crippen LogP contribution in [0.1, 0.15) is 55.4 Å². The molecule has 1 heterocycles. The lowest BCUT2D eigenvalue weighted by Gasteiger charge is -2.65. The molecular weight excluding hydrogens is 204 g/mol. The molecule has 1 saturated heterocycles. The number of nitrogens with one attached hydrogen (secondary N) is 1. The molecule has 4 nitrogen and oxygen atoms in total. The van der Waals surface area contributed by atoms with Crippen molar-refractivity contribution >= 4 is 0 Å². The Morgan fingerprint density at radius 3 is 1.25 bits per heavy atom. The van der Waals surface area contributed by atoms with Crippen LogP contribution < -0.4 is 10.1 Å². The van der Waals surface area contributed by atoms with Gasteiger partial charge in [-0.05, 0) is 27.7 Å². The van der Waals surface area contributed by atoms with E-state index in [1.165, 1.54) is 0 Å². The fourth-order valence-electron chi connectivity index (χ4n) is 2.54. The Bertz CT molecular complexity index is 237. The van der Waals surface area contributed by atoms with Crippen LogP contribution in [0, 0.1) is 10.4 Å². The first-order valence-corrected chi connectivity index (χ1v) is 5.83. The summed E-state index contributed by atoms with van der Waals surface area (Å²) in [7, 11) is 0. The third kappa shape index (κ3) is 1.30. The van der Waals surface area contributed by atoms with Gasteiger partial charge in [0.2, 0.25) is 0 Å².